The SMILES string of the molecule is CCOc1ccc(Br)cc1C(=O)c1cc(Cl)ccc1N. The van der Waals surface area contributed by atoms with E-state index in [-0.39, 0.29) is 5.78 Å². The molecule has 2 aromatic carbocycles. The highest BCUT2D eigenvalue weighted by Crippen LogP contribution is 2.28. The minimum absolute atomic E-state index is 0.213. The smallest absolute Gasteiger partial charge is 0.198 e. The summed E-state index contributed by atoms with van der Waals surface area (Å²) in [6.45, 7) is 2.34. The normalized spacial score (nSPS) is 10.3. The molecule has 0 fully saturated rings. The Morgan fingerprint density at radius 3 is 2.70 bits per heavy atom. The molecule has 0 spiro atoms. The molecule has 0 aromatic heterocycles. The van der Waals surface area contributed by atoms with E-state index in [4.69, 9.17) is 22.1 Å². The molecule has 0 unspecified atom stereocenters. The second-order valence-electron chi connectivity index (χ2n) is 4.13. The molecule has 2 N–H and O–H groups in total. The number of benzene rings is 2. The maximum atomic E-state index is 12.6. The van der Waals surface area contributed by atoms with Gasteiger partial charge in [-0.05, 0) is 43.3 Å². The van der Waals surface area contributed by atoms with Gasteiger partial charge in [-0.3, -0.25) is 4.79 Å². The zero-order valence-corrected chi connectivity index (χ0v) is 13.2. The number of hydrogen-bond donors (Lipinski definition) is 1. The molecule has 2 aromatic rings. The minimum Gasteiger partial charge on any atom is -0.493 e. The Morgan fingerprint density at radius 2 is 2.00 bits per heavy atom. The fourth-order valence-electron chi connectivity index (χ4n) is 1.83. The van der Waals surface area contributed by atoms with Crippen LogP contribution < -0.4 is 10.5 Å². The number of carbonyl (C=O) groups excluding carboxylic acids is 1. The molecular weight excluding hydrogens is 342 g/mol. The molecule has 2 rings (SSSR count). The predicted octanol–water partition coefficient (Wildman–Crippen LogP) is 4.31. The number of nitrogen functional groups attached to an aromatic ring is 1. The third-order valence-corrected chi connectivity index (χ3v) is 3.47. The molecule has 0 atom stereocenters. The van der Waals surface area contributed by atoms with E-state index >= 15 is 0 Å². The van der Waals surface area contributed by atoms with E-state index in [1.165, 1.54) is 0 Å². The second kappa shape index (κ2) is 6.29. The van der Waals surface area contributed by atoms with Crippen LogP contribution in [0.2, 0.25) is 5.02 Å². The Hall–Kier alpha value is -1.52. The van der Waals surface area contributed by atoms with Crippen molar-refractivity contribution in [3.63, 3.8) is 0 Å². The lowest BCUT2D eigenvalue weighted by Crippen LogP contribution is -2.08. The number of carbonyl (C=O) groups is 1. The van der Waals surface area contributed by atoms with Gasteiger partial charge in [0.2, 0.25) is 0 Å². The highest BCUT2D eigenvalue weighted by molar-refractivity contribution is 9.10. The molecule has 0 radical (unpaired) electrons. The summed E-state index contributed by atoms with van der Waals surface area (Å²) in [6.07, 6.45) is 0. The summed E-state index contributed by atoms with van der Waals surface area (Å²) in [5, 5.41) is 0.468. The zero-order valence-electron chi connectivity index (χ0n) is 10.8. The second-order valence-corrected chi connectivity index (χ2v) is 5.49. The van der Waals surface area contributed by atoms with Crippen LogP contribution in [0.4, 0.5) is 5.69 Å². The van der Waals surface area contributed by atoms with Gasteiger partial charge in [-0.15, -0.1) is 0 Å². The summed E-state index contributed by atoms with van der Waals surface area (Å²) in [7, 11) is 0. The fraction of sp³-hybridized carbons (Fsp3) is 0.133. The van der Waals surface area contributed by atoms with Gasteiger partial charge in [0.15, 0.2) is 5.78 Å². The van der Waals surface area contributed by atoms with Gasteiger partial charge in [-0.25, -0.2) is 0 Å². The van der Waals surface area contributed by atoms with Crippen LogP contribution in [-0.4, -0.2) is 12.4 Å². The number of hydrogen-bond acceptors (Lipinski definition) is 3. The van der Waals surface area contributed by atoms with Gasteiger partial charge < -0.3 is 10.5 Å². The molecule has 20 heavy (non-hydrogen) atoms. The largest absolute Gasteiger partial charge is 0.493 e. The molecule has 0 aliphatic carbocycles. The molecule has 104 valence electrons. The minimum atomic E-state index is -0.213. The van der Waals surface area contributed by atoms with Crippen LogP contribution in [0.1, 0.15) is 22.8 Å². The number of rotatable bonds is 4. The summed E-state index contributed by atoms with van der Waals surface area (Å²) in [4.78, 5) is 12.6. The van der Waals surface area contributed by atoms with Crippen molar-refractivity contribution >= 4 is 39.0 Å². The first-order valence-corrected chi connectivity index (χ1v) is 7.22. The van der Waals surface area contributed by atoms with Gasteiger partial charge in [0, 0.05) is 20.7 Å². The van der Waals surface area contributed by atoms with Gasteiger partial charge in [-0.1, -0.05) is 27.5 Å². The number of ketones is 1. The molecule has 0 aliphatic heterocycles. The highest BCUT2D eigenvalue weighted by atomic mass is 79.9. The third kappa shape index (κ3) is 3.14. The summed E-state index contributed by atoms with van der Waals surface area (Å²) in [5.74, 6) is 0.315. The Morgan fingerprint density at radius 1 is 1.25 bits per heavy atom. The van der Waals surface area contributed by atoms with Gasteiger partial charge in [0.25, 0.3) is 0 Å². The zero-order chi connectivity index (χ0) is 14.7. The monoisotopic (exact) mass is 353 g/mol. The number of nitrogens with two attached hydrogens (primary N) is 1. The average Bonchev–Trinajstić information content (AvgIpc) is 2.43. The van der Waals surface area contributed by atoms with E-state index in [9.17, 15) is 4.79 Å². The first-order chi connectivity index (χ1) is 9.52. The number of anilines is 1. The summed E-state index contributed by atoms with van der Waals surface area (Å²) in [6, 6.07) is 10.1. The quantitative estimate of drug-likeness (QED) is 0.657. The van der Waals surface area contributed by atoms with Crippen molar-refractivity contribution in [1.29, 1.82) is 0 Å². The van der Waals surface area contributed by atoms with E-state index in [0.717, 1.165) is 4.47 Å². The van der Waals surface area contributed by atoms with E-state index in [2.05, 4.69) is 15.9 Å². The van der Waals surface area contributed by atoms with Crippen molar-refractivity contribution in [1.82, 2.24) is 0 Å². The van der Waals surface area contributed by atoms with Crippen molar-refractivity contribution in [2.45, 2.75) is 6.92 Å². The Balaban J connectivity index is 2.52. The van der Waals surface area contributed by atoms with Gasteiger partial charge >= 0.3 is 0 Å². The maximum absolute atomic E-state index is 12.6. The Bertz CT molecular complexity index is 658. The molecule has 0 bridgehead atoms. The van der Waals surface area contributed by atoms with E-state index in [1.807, 2.05) is 13.0 Å². The van der Waals surface area contributed by atoms with Crippen LogP contribution >= 0.6 is 27.5 Å². The van der Waals surface area contributed by atoms with Crippen LogP contribution in [0.25, 0.3) is 0 Å². The van der Waals surface area contributed by atoms with Gasteiger partial charge in [-0.2, -0.15) is 0 Å². The summed E-state index contributed by atoms with van der Waals surface area (Å²) in [5.41, 5.74) is 7.07. The first-order valence-electron chi connectivity index (χ1n) is 6.05. The van der Waals surface area contributed by atoms with E-state index < -0.39 is 0 Å². The summed E-state index contributed by atoms with van der Waals surface area (Å²) >= 11 is 9.29. The Kier molecular flexibility index (Phi) is 4.68. The average molecular weight is 355 g/mol. The maximum Gasteiger partial charge on any atom is 0.198 e. The van der Waals surface area contributed by atoms with E-state index in [0.29, 0.717) is 34.2 Å². The molecule has 3 nitrogen and oxygen atoms in total. The molecular formula is C15H13BrClNO2. The molecule has 0 heterocycles. The third-order valence-electron chi connectivity index (χ3n) is 2.75. The lowest BCUT2D eigenvalue weighted by molar-refractivity contribution is 0.103. The molecule has 0 saturated carbocycles. The first kappa shape index (κ1) is 14.9. The van der Waals surface area contributed by atoms with Crippen LogP contribution in [0, 0.1) is 0 Å². The standard InChI is InChI=1S/C15H13BrClNO2/c1-2-20-14-6-3-9(16)7-12(14)15(19)11-8-10(17)4-5-13(11)18/h3-8H,2,18H2,1H3. The topological polar surface area (TPSA) is 52.3 Å². The van der Waals surface area contributed by atoms with Crippen molar-refractivity contribution in [3.05, 3.63) is 57.0 Å². The van der Waals surface area contributed by atoms with Crippen molar-refractivity contribution in [2.24, 2.45) is 0 Å². The van der Waals surface area contributed by atoms with Crippen molar-refractivity contribution in [2.75, 3.05) is 12.3 Å². The Labute approximate surface area is 130 Å². The van der Waals surface area contributed by atoms with E-state index in [1.54, 1.807) is 30.3 Å². The molecule has 5 heteroatoms. The lowest BCUT2D eigenvalue weighted by Gasteiger charge is -2.11. The van der Waals surface area contributed by atoms with Gasteiger partial charge in [0.05, 0.1) is 12.2 Å². The summed E-state index contributed by atoms with van der Waals surface area (Å²) < 4.78 is 6.29. The number of ether oxygens (including phenoxy) is 1. The molecule has 0 saturated heterocycles. The van der Waals surface area contributed by atoms with Crippen molar-refractivity contribution < 1.29 is 9.53 Å². The van der Waals surface area contributed by atoms with Crippen LogP contribution in [0.3, 0.4) is 0 Å². The van der Waals surface area contributed by atoms with Crippen LogP contribution in [-0.2, 0) is 0 Å². The fourth-order valence-corrected chi connectivity index (χ4v) is 2.36. The van der Waals surface area contributed by atoms with Gasteiger partial charge in [0.1, 0.15) is 5.75 Å². The number of halogens is 2. The molecule has 0 aliphatic rings. The van der Waals surface area contributed by atoms with Crippen molar-refractivity contribution in [3.8, 4) is 5.75 Å². The lowest BCUT2D eigenvalue weighted by atomic mass is 10.0. The molecule has 0 amide bonds. The predicted molar refractivity (Wildman–Crippen MR) is 84.6 cm³/mol. The highest BCUT2D eigenvalue weighted by Gasteiger charge is 2.18. The van der Waals surface area contributed by atoms with Crippen LogP contribution in [0.15, 0.2) is 40.9 Å². The van der Waals surface area contributed by atoms with Crippen LogP contribution in [0.5, 0.6) is 5.75 Å².